The van der Waals surface area contributed by atoms with Crippen molar-refractivity contribution >= 4 is 23.2 Å². The molecule has 24 heavy (non-hydrogen) atoms. The summed E-state index contributed by atoms with van der Waals surface area (Å²) in [5.74, 6) is -0.405. The zero-order valence-electron chi connectivity index (χ0n) is 13.8. The molecule has 0 radical (unpaired) electrons. The SMILES string of the molecule is COc1cc(Cl)c(C)cc1NC(=O)C(C)Cc1ccc(O)c(O)c1. The molecule has 128 valence electrons. The number of carbonyl (C=O) groups excluding carboxylic acids is 1. The molecular weight excluding hydrogens is 330 g/mol. The van der Waals surface area contributed by atoms with E-state index in [2.05, 4.69) is 5.32 Å². The largest absolute Gasteiger partial charge is 0.504 e. The molecule has 0 saturated carbocycles. The van der Waals surface area contributed by atoms with Crippen molar-refractivity contribution < 1.29 is 19.7 Å². The molecule has 0 spiro atoms. The minimum atomic E-state index is -0.338. The summed E-state index contributed by atoms with van der Waals surface area (Å²) in [6.07, 6.45) is 0.425. The molecule has 1 atom stereocenters. The highest BCUT2D eigenvalue weighted by Crippen LogP contribution is 2.31. The third-order valence-corrected chi connectivity index (χ3v) is 4.18. The van der Waals surface area contributed by atoms with Crippen molar-refractivity contribution in [1.82, 2.24) is 0 Å². The Hall–Kier alpha value is -2.40. The van der Waals surface area contributed by atoms with Gasteiger partial charge in [0.25, 0.3) is 0 Å². The van der Waals surface area contributed by atoms with Crippen molar-refractivity contribution in [1.29, 1.82) is 0 Å². The van der Waals surface area contributed by atoms with E-state index < -0.39 is 0 Å². The number of hydrogen-bond donors (Lipinski definition) is 3. The number of aryl methyl sites for hydroxylation is 1. The molecule has 0 heterocycles. The van der Waals surface area contributed by atoms with E-state index >= 15 is 0 Å². The first-order valence-corrected chi connectivity index (χ1v) is 7.85. The van der Waals surface area contributed by atoms with Gasteiger partial charge in [0.05, 0.1) is 12.8 Å². The van der Waals surface area contributed by atoms with Crippen molar-refractivity contribution in [2.24, 2.45) is 5.92 Å². The number of nitrogens with one attached hydrogen (secondary N) is 1. The zero-order valence-corrected chi connectivity index (χ0v) is 14.5. The monoisotopic (exact) mass is 349 g/mol. The maximum absolute atomic E-state index is 12.4. The molecule has 0 aliphatic carbocycles. The van der Waals surface area contributed by atoms with Gasteiger partial charge in [-0.2, -0.15) is 0 Å². The second-order valence-electron chi connectivity index (χ2n) is 5.72. The van der Waals surface area contributed by atoms with E-state index in [1.807, 2.05) is 6.92 Å². The predicted octanol–water partition coefficient (Wildman–Crippen LogP) is 3.89. The number of carbonyl (C=O) groups is 1. The number of hydrogen-bond acceptors (Lipinski definition) is 4. The molecule has 1 amide bonds. The van der Waals surface area contributed by atoms with E-state index in [9.17, 15) is 15.0 Å². The van der Waals surface area contributed by atoms with Crippen LogP contribution in [0.25, 0.3) is 0 Å². The van der Waals surface area contributed by atoms with Crippen LogP contribution < -0.4 is 10.1 Å². The molecule has 0 aliphatic heterocycles. The third-order valence-electron chi connectivity index (χ3n) is 3.77. The van der Waals surface area contributed by atoms with Gasteiger partial charge in [0.1, 0.15) is 5.75 Å². The fourth-order valence-corrected chi connectivity index (χ4v) is 2.48. The van der Waals surface area contributed by atoms with Gasteiger partial charge in [0.15, 0.2) is 11.5 Å². The van der Waals surface area contributed by atoms with Crippen LogP contribution in [0.4, 0.5) is 5.69 Å². The number of aromatic hydroxyl groups is 2. The summed E-state index contributed by atoms with van der Waals surface area (Å²) in [6, 6.07) is 7.95. The van der Waals surface area contributed by atoms with Gasteiger partial charge in [-0.1, -0.05) is 24.6 Å². The van der Waals surface area contributed by atoms with Crippen LogP contribution in [0, 0.1) is 12.8 Å². The Labute approximate surface area is 145 Å². The van der Waals surface area contributed by atoms with E-state index in [0.29, 0.717) is 22.9 Å². The summed E-state index contributed by atoms with van der Waals surface area (Å²) in [5, 5.41) is 22.3. The van der Waals surface area contributed by atoms with Gasteiger partial charge < -0.3 is 20.3 Å². The summed E-state index contributed by atoms with van der Waals surface area (Å²) >= 11 is 6.06. The average Bonchev–Trinajstić information content (AvgIpc) is 2.54. The first-order valence-electron chi connectivity index (χ1n) is 7.47. The Balaban J connectivity index is 2.11. The van der Waals surface area contributed by atoms with Gasteiger partial charge in [-0.3, -0.25) is 4.79 Å². The molecule has 6 heteroatoms. The van der Waals surface area contributed by atoms with Gasteiger partial charge >= 0.3 is 0 Å². The number of phenolic OH excluding ortho intramolecular Hbond substituents is 2. The summed E-state index contributed by atoms with van der Waals surface area (Å²) in [4.78, 5) is 12.4. The highest BCUT2D eigenvalue weighted by Gasteiger charge is 2.17. The van der Waals surface area contributed by atoms with Crippen LogP contribution in [0.3, 0.4) is 0 Å². The molecule has 1 unspecified atom stereocenters. The quantitative estimate of drug-likeness (QED) is 0.716. The first-order chi connectivity index (χ1) is 11.3. The van der Waals surface area contributed by atoms with Crippen molar-refractivity contribution in [2.45, 2.75) is 20.3 Å². The minimum Gasteiger partial charge on any atom is -0.504 e. The van der Waals surface area contributed by atoms with Gasteiger partial charge in [-0.25, -0.2) is 0 Å². The number of methoxy groups -OCH3 is 1. The molecule has 0 aliphatic rings. The van der Waals surface area contributed by atoms with E-state index in [4.69, 9.17) is 16.3 Å². The molecule has 0 saturated heterocycles. The highest BCUT2D eigenvalue weighted by molar-refractivity contribution is 6.31. The van der Waals surface area contributed by atoms with Crippen LogP contribution in [0.2, 0.25) is 5.02 Å². The number of amides is 1. The molecule has 2 rings (SSSR count). The lowest BCUT2D eigenvalue weighted by molar-refractivity contribution is -0.119. The second-order valence-corrected chi connectivity index (χ2v) is 6.13. The lowest BCUT2D eigenvalue weighted by Crippen LogP contribution is -2.22. The van der Waals surface area contributed by atoms with E-state index in [-0.39, 0.29) is 23.3 Å². The highest BCUT2D eigenvalue weighted by atomic mass is 35.5. The molecule has 2 aromatic carbocycles. The Bertz CT molecular complexity index is 761. The van der Waals surface area contributed by atoms with Crippen LogP contribution in [-0.2, 0) is 11.2 Å². The third kappa shape index (κ3) is 4.11. The van der Waals surface area contributed by atoms with Crippen LogP contribution in [-0.4, -0.2) is 23.2 Å². The standard InChI is InChI=1S/C18H20ClNO4/c1-10-7-14(17(24-3)9-13(10)19)20-18(23)11(2)6-12-4-5-15(21)16(22)8-12/h4-5,7-9,11,21-22H,6H2,1-3H3,(H,20,23). The van der Waals surface area contributed by atoms with Crippen molar-refractivity contribution in [2.75, 3.05) is 12.4 Å². The maximum Gasteiger partial charge on any atom is 0.227 e. The van der Waals surface area contributed by atoms with Gasteiger partial charge in [-0.15, -0.1) is 0 Å². The molecule has 0 fully saturated rings. The number of ether oxygens (including phenoxy) is 1. The van der Waals surface area contributed by atoms with Gasteiger partial charge in [0, 0.05) is 17.0 Å². The summed E-state index contributed by atoms with van der Waals surface area (Å²) in [6.45, 7) is 3.63. The van der Waals surface area contributed by atoms with Crippen LogP contribution in [0.15, 0.2) is 30.3 Å². The Morgan fingerprint density at radius 3 is 2.58 bits per heavy atom. The van der Waals surface area contributed by atoms with Crippen LogP contribution in [0.5, 0.6) is 17.2 Å². The zero-order chi connectivity index (χ0) is 17.9. The Morgan fingerprint density at radius 2 is 1.96 bits per heavy atom. The van der Waals surface area contributed by atoms with Gasteiger partial charge in [-0.05, 0) is 42.7 Å². The summed E-state index contributed by atoms with van der Waals surface area (Å²) in [7, 11) is 1.51. The number of benzene rings is 2. The topological polar surface area (TPSA) is 78.8 Å². The van der Waals surface area contributed by atoms with E-state index in [1.54, 1.807) is 25.1 Å². The molecule has 5 nitrogen and oxygen atoms in total. The smallest absolute Gasteiger partial charge is 0.227 e. The second kappa shape index (κ2) is 7.45. The predicted molar refractivity (Wildman–Crippen MR) is 94.0 cm³/mol. The molecule has 0 bridgehead atoms. The number of rotatable bonds is 5. The lowest BCUT2D eigenvalue weighted by Gasteiger charge is -2.16. The Kier molecular flexibility index (Phi) is 5.57. The molecule has 0 aromatic heterocycles. The van der Waals surface area contributed by atoms with Crippen LogP contribution >= 0.6 is 11.6 Å². The Morgan fingerprint density at radius 1 is 1.25 bits per heavy atom. The van der Waals surface area contributed by atoms with Gasteiger partial charge in [0.2, 0.25) is 5.91 Å². The molecule has 3 N–H and O–H groups in total. The normalized spacial score (nSPS) is 11.8. The number of phenols is 2. The fraction of sp³-hybridized carbons (Fsp3) is 0.278. The maximum atomic E-state index is 12.4. The molecular formula is C18H20ClNO4. The lowest BCUT2D eigenvalue weighted by atomic mass is 9.99. The average molecular weight is 350 g/mol. The number of anilines is 1. The van der Waals surface area contributed by atoms with Crippen molar-refractivity contribution in [3.63, 3.8) is 0 Å². The van der Waals surface area contributed by atoms with Crippen molar-refractivity contribution in [3.05, 3.63) is 46.5 Å². The first kappa shape index (κ1) is 17.9. The van der Waals surface area contributed by atoms with E-state index in [0.717, 1.165) is 11.1 Å². The van der Waals surface area contributed by atoms with Crippen LogP contribution in [0.1, 0.15) is 18.1 Å². The van der Waals surface area contributed by atoms with Crippen molar-refractivity contribution in [3.8, 4) is 17.2 Å². The number of halogens is 1. The summed E-state index contributed by atoms with van der Waals surface area (Å²) in [5.41, 5.74) is 2.15. The minimum absolute atomic E-state index is 0.178. The fourth-order valence-electron chi connectivity index (χ4n) is 2.33. The summed E-state index contributed by atoms with van der Waals surface area (Å²) < 4.78 is 5.25. The van der Waals surface area contributed by atoms with E-state index in [1.165, 1.54) is 19.2 Å². The molecule has 2 aromatic rings.